The number of hydrogen-bond donors (Lipinski definition) is 1. The minimum atomic E-state index is -0.160. The molecule has 1 aromatic carbocycles. The number of nitrogens with one attached hydrogen (secondary N) is 1. The van der Waals surface area contributed by atoms with Crippen LogP contribution in [0.4, 0.5) is 0 Å². The summed E-state index contributed by atoms with van der Waals surface area (Å²) in [6, 6.07) is 11.1. The molecule has 0 unspecified atom stereocenters. The summed E-state index contributed by atoms with van der Waals surface area (Å²) < 4.78 is 0. The van der Waals surface area contributed by atoms with Crippen molar-refractivity contribution in [3.63, 3.8) is 0 Å². The van der Waals surface area contributed by atoms with Crippen molar-refractivity contribution in [1.29, 1.82) is 5.26 Å². The number of hydrogen-bond acceptors (Lipinski definition) is 4. The highest BCUT2D eigenvalue weighted by molar-refractivity contribution is 7.14. The minimum Gasteiger partial charge on any atom is -0.266 e. The second kappa shape index (κ2) is 7.41. The van der Waals surface area contributed by atoms with Crippen molar-refractivity contribution >= 4 is 23.5 Å². The van der Waals surface area contributed by atoms with Crippen molar-refractivity contribution in [2.45, 2.75) is 32.6 Å². The Labute approximate surface area is 145 Å². The third-order valence-corrected chi connectivity index (χ3v) is 5.64. The molecule has 4 nitrogen and oxygen atoms in total. The van der Waals surface area contributed by atoms with E-state index in [9.17, 15) is 4.79 Å². The lowest BCUT2D eigenvalue weighted by atomic mass is 9.87. The molecule has 3 rings (SSSR count). The van der Waals surface area contributed by atoms with Gasteiger partial charge in [-0.25, -0.2) is 5.43 Å². The molecule has 1 N–H and O–H groups in total. The van der Waals surface area contributed by atoms with Crippen molar-refractivity contribution < 1.29 is 4.79 Å². The van der Waals surface area contributed by atoms with Gasteiger partial charge in [-0.2, -0.15) is 10.4 Å². The molecule has 1 aromatic heterocycles. The highest BCUT2D eigenvalue weighted by atomic mass is 32.1. The van der Waals surface area contributed by atoms with Gasteiger partial charge in [-0.05, 0) is 54.5 Å². The average molecular weight is 337 g/mol. The summed E-state index contributed by atoms with van der Waals surface area (Å²) >= 11 is 1.59. The lowest BCUT2D eigenvalue weighted by Crippen LogP contribution is -2.16. The summed E-state index contributed by atoms with van der Waals surface area (Å²) in [4.78, 5) is 14.3. The number of amides is 1. The quantitative estimate of drug-likeness (QED) is 0.679. The fourth-order valence-electron chi connectivity index (χ4n) is 2.92. The Bertz CT molecular complexity index is 799. The van der Waals surface area contributed by atoms with Gasteiger partial charge >= 0.3 is 0 Å². The Balaban J connectivity index is 1.62. The van der Waals surface area contributed by atoms with Gasteiger partial charge in [-0.1, -0.05) is 25.5 Å². The van der Waals surface area contributed by atoms with Gasteiger partial charge in [0.2, 0.25) is 0 Å². The zero-order chi connectivity index (χ0) is 16.9. The smallest absolute Gasteiger partial charge is 0.266 e. The molecule has 1 amide bonds. The van der Waals surface area contributed by atoms with E-state index in [1.54, 1.807) is 41.8 Å². The molecule has 1 aliphatic rings. The Morgan fingerprint density at radius 1 is 1.46 bits per heavy atom. The van der Waals surface area contributed by atoms with Crippen LogP contribution >= 0.6 is 11.3 Å². The van der Waals surface area contributed by atoms with Crippen LogP contribution in [0.5, 0.6) is 0 Å². The zero-order valence-electron chi connectivity index (χ0n) is 13.6. The molecule has 1 aliphatic carbocycles. The maximum atomic E-state index is 12.2. The molecule has 122 valence electrons. The summed E-state index contributed by atoms with van der Waals surface area (Å²) in [5.41, 5.74) is 5.36. The predicted octanol–water partition coefficient (Wildman–Crippen LogP) is 3.90. The van der Waals surface area contributed by atoms with Crippen LogP contribution in [0.2, 0.25) is 0 Å². The molecule has 0 bridgehead atoms. The van der Waals surface area contributed by atoms with Gasteiger partial charge in [0.15, 0.2) is 0 Å². The highest BCUT2D eigenvalue weighted by Gasteiger charge is 2.21. The standard InChI is InChI=1S/C19H19N3OS/c1-2-13-7-8-17-16(9-13)10-18(24-17)19(23)22-21-12-15-5-3-14(11-20)4-6-15/h3-6,10,12-13H,2,7-9H2,1H3,(H,22,23)/b21-12-/t13-/m0/s1. The summed E-state index contributed by atoms with van der Waals surface area (Å²) in [5, 5.41) is 12.8. The number of carbonyl (C=O) groups is 1. The Kier molecular flexibility index (Phi) is 5.07. The Morgan fingerprint density at radius 2 is 2.25 bits per heavy atom. The number of carbonyl (C=O) groups excluding carboxylic acids is 1. The average Bonchev–Trinajstić information content (AvgIpc) is 3.05. The van der Waals surface area contributed by atoms with Crippen LogP contribution in [0.1, 0.15) is 51.0 Å². The van der Waals surface area contributed by atoms with E-state index < -0.39 is 0 Å². The topological polar surface area (TPSA) is 65.2 Å². The fraction of sp³-hybridized carbons (Fsp3) is 0.316. The normalized spacial score (nSPS) is 16.6. The van der Waals surface area contributed by atoms with Crippen molar-refractivity contribution in [3.8, 4) is 6.07 Å². The van der Waals surface area contributed by atoms with E-state index in [1.165, 1.54) is 23.3 Å². The van der Waals surface area contributed by atoms with Crippen LogP contribution in [0.15, 0.2) is 35.4 Å². The van der Waals surface area contributed by atoms with Crippen molar-refractivity contribution in [1.82, 2.24) is 5.43 Å². The van der Waals surface area contributed by atoms with E-state index in [-0.39, 0.29) is 5.91 Å². The van der Waals surface area contributed by atoms with E-state index in [4.69, 9.17) is 5.26 Å². The molecule has 0 aliphatic heterocycles. The first-order chi connectivity index (χ1) is 11.7. The van der Waals surface area contributed by atoms with Crippen LogP contribution in [0.3, 0.4) is 0 Å². The fourth-order valence-corrected chi connectivity index (χ4v) is 4.02. The number of hydrazone groups is 1. The monoisotopic (exact) mass is 337 g/mol. The molecular formula is C19H19N3OS. The summed E-state index contributed by atoms with van der Waals surface area (Å²) in [5.74, 6) is 0.588. The van der Waals surface area contributed by atoms with Crippen LogP contribution in [-0.2, 0) is 12.8 Å². The molecule has 5 heteroatoms. The van der Waals surface area contributed by atoms with Gasteiger partial charge in [-0.3, -0.25) is 4.79 Å². The molecule has 0 saturated carbocycles. The number of nitrogens with zero attached hydrogens (tertiary/aromatic N) is 2. The summed E-state index contributed by atoms with van der Waals surface area (Å²) in [6.45, 7) is 2.23. The van der Waals surface area contributed by atoms with Crippen LogP contribution in [-0.4, -0.2) is 12.1 Å². The second-order valence-corrected chi connectivity index (χ2v) is 7.15. The predicted molar refractivity (Wildman–Crippen MR) is 96.3 cm³/mol. The van der Waals surface area contributed by atoms with Crippen molar-refractivity contribution in [2.24, 2.45) is 11.0 Å². The van der Waals surface area contributed by atoms with E-state index in [2.05, 4.69) is 23.5 Å². The molecule has 0 saturated heterocycles. The maximum absolute atomic E-state index is 12.2. The summed E-state index contributed by atoms with van der Waals surface area (Å²) in [6.07, 6.45) is 6.18. The van der Waals surface area contributed by atoms with E-state index >= 15 is 0 Å². The Hall–Kier alpha value is -2.45. The van der Waals surface area contributed by atoms with Gasteiger partial charge in [0.25, 0.3) is 5.91 Å². The lowest BCUT2D eigenvalue weighted by Gasteiger charge is -2.19. The van der Waals surface area contributed by atoms with Crippen LogP contribution in [0, 0.1) is 17.2 Å². The van der Waals surface area contributed by atoms with Crippen LogP contribution in [0.25, 0.3) is 0 Å². The first kappa shape index (κ1) is 16.4. The van der Waals surface area contributed by atoms with E-state index in [1.807, 2.05) is 6.07 Å². The van der Waals surface area contributed by atoms with Crippen LogP contribution < -0.4 is 5.43 Å². The number of fused-ring (bicyclic) bond motifs is 1. The highest BCUT2D eigenvalue weighted by Crippen LogP contribution is 2.33. The van der Waals surface area contributed by atoms with Crippen molar-refractivity contribution in [2.75, 3.05) is 0 Å². The summed E-state index contributed by atoms with van der Waals surface area (Å²) in [7, 11) is 0. The second-order valence-electron chi connectivity index (χ2n) is 6.01. The minimum absolute atomic E-state index is 0.160. The maximum Gasteiger partial charge on any atom is 0.281 e. The molecule has 0 radical (unpaired) electrons. The number of thiophene rings is 1. The molecule has 0 spiro atoms. The van der Waals surface area contributed by atoms with E-state index in [0.29, 0.717) is 5.56 Å². The molecule has 24 heavy (non-hydrogen) atoms. The van der Waals surface area contributed by atoms with Gasteiger partial charge in [0, 0.05) is 4.88 Å². The lowest BCUT2D eigenvalue weighted by molar-refractivity contribution is 0.0959. The van der Waals surface area contributed by atoms with Crippen molar-refractivity contribution in [3.05, 3.63) is 56.8 Å². The third kappa shape index (κ3) is 3.72. The van der Waals surface area contributed by atoms with E-state index in [0.717, 1.165) is 29.2 Å². The molecule has 0 fully saturated rings. The van der Waals surface area contributed by atoms with Gasteiger partial charge in [0.1, 0.15) is 0 Å². The van der Waals surface area contributed by atoms with Gasteiger partial charge < -0.3 is 0 Å². The number of rotatable bonds is 4. The molecule has 1 heterocycles. The Morgan fingerprint density at radius 3 is 2.96 bits per heavy atom. The number of benzene rings is 1. The largest absolute Gasteiger partial charge is 0.281 e. The number of nitriles is 1. The zero-order valence-corrected chi connectivity index (χ0v) is 14.4. The number of aryl methyl sites for hydroxylation is 1. The first-order valence-corrected chi connectivity index (χ1v) is 8.96. The SMILES string of the molecule is CC[C@H]1CCc2sc(C(=O)N/N=C\c3ccc(C#N)cc3)cc2C1. The molecule has 1 atom stereocenters. The third-order valence-electron chi connectivity index (χ3n) is 4.41. The van der Waals surface area contributed by atoms with Gasteiger partial charge in [-0.15, -0.1) is 11.3 Å². The van der Waals surface area contributed by atoms with Gasteiger partial charge in [0.05, 0.1) is 22.7 Å². The molecular weight excluding hydrogens is 318 g/mol. The first-order valence-electron chi connectivity index (χ1n) is 8.14. The molecule has 2 aromatic rings.